The predicted molar refractivity (Wildman–Crippen MR) is 66.4 cm³/mol. The molecule has 5 heteroatoms. The van der Waals surface area contributed by atoms with E-state index in [0.29, 0.717) is 6.42 Å². The molecule has 4 nitrogen and oxygen atoms in total. The molecule has 0 aromatic heterocycles. The maximum atomic E-state index is 11.9. The molecule has 1 rings (SSSR count). The average Bonchev–Trinajstić information content (AvgIpc) is 2.42. The summed E-state index contributed by atoms with van der Waals surface area (Å²) < 4.78 is 0. The largest absolute Gasteiger partial charge is 0.302 e. The van der Waals surface area contributed by atoms with E-state index in [1.54, 1.807) is 11.8 Å². The van der Waals surface area contributed by atoms with Gasteiger partial charge in [0.15, 0.2) is 0 Å². The monoisotopic (exact) mass is 244 g/mol. The molecule has 16 heavy (non-hydrogen) atoms. The number of imide groups is 1. The Morgan fingerprint density at radius 3 is 2.50 bits per heavy atom. The number of amides is 2. The summed E-state index contributed by atoms with van der Waals surface area (Å²) in [4.78, 5) is 24.9. The molecule has 1 saturated heterocycles. The van der Waals surface area contributed by atoms with Crippen molar-refractivity contribution in [2.45, 2.75) is 45.3 Å². The van der Waals surface area contributed by atoms with Crippen LogP contribution in [0.5, 0.6) is 0 Å². The first-order chi connectivity index (χ1) is 7.47. The van der Waals surface area contributed by atoms with Gasteiger partial charge >= 0.3 is 0 Å². The zero-order chi connectivity index (χ0) is 12.3. The molecule has 1 N–H and O–H groups in total. The zero-order valence-corrected chi connectivity index (χ0v) is 11.1. The molecule has 1 fully saturated rings. The van der Waals surface area contributed by atoms with Crippen LogP contribution in [0.3, 0.4) is 0 Å². The molecule has 0 saturated carbocycles. The van der Waals surface area contributed by atoms with Crippen LogP contribution < -0.4 is 5.32 Å². The first-order valence-electron chi connectivity index (χ1n) is 5.58. The molecule has 2 amide bonds. The van der Waals surface area contributed by atoms with Crippen molar-refractivity contribution in [3.8, 4) is 0 Å². The number of hydrogen-bond donors (Lipinski definition) is 1. The van der Waals surface area contributed by atoms with E-state index in [9.17, 15) is 9.59 Å². The van der Waals surface area contributed by atoms with Gasteiger partial charge in [0.2, 0.25) is 11.8 Å². The second kappa shape index (κ2) is 5.68. The van der Waals surface area contributed by atoms with Crippen LogP contribution in [-0.4, -0.2) is 46.8 Å². The maximum Gasteiger partial charge on any atom is 0.247 e. The van der Waals surface area contributed by atoms with Crippen molar-refractivity contribution < 1.29 is 9.59 Å². The molecule has 1 heterocycles. The molecule has 1 aliphatic rings. The molecule has 0 radical (unpaired) electrons. The highest BCUT2D eigenvalue weighted by Crippen LogP contribution is 2.16. The number of nitrogens with one attached hydrogen (secondary N) is 1. The summed E-state index contributed by atoms with van der Waals surface area (Å²) in [6.45, 7) is 5.76. The first kappa shape index (κ1) is 13.5. The predicted octanol–water partition coefficient (Wildman–Crippen LogP) is 0.863. The molecule has 1 aliphatic heterocycles. The summed E-state index contributed by atoms with van der Waals surface area (Å²) in [7, 11) is 0. The lowest BCUT2D eigenvalue weighted by Crippen LogP contribution is -2.45. The van der Waals surface area contributed by atoms with Crippen molar-refractivity contribution in [2.24, 2.45) is 0 Å². The van der Waals surface area contributed by atoms with Gasteiger partial charge < -0.3 is 5.32 Å². The van der Waals surface area contributed by atoms with Gasteiger partial charge in [-0.05, 0) is 27.0 Å². The first-order valence-corrected chi connectivity index (χ1v) is 6.97. The molecule has 0 aromatic carbocycles. The van der Waals surface area contributed by atoms with Crippen LogP contribution >= 0.6 is 11.8 Å². The Kier molecular flexibility index (Phi) is 4.80. The van der Waals surface area contributed by atoms with Crippen LogP contribution in [0.15, 0.2) is 0 Å². The van der Waals surface area contributed by atoms with Crippen LogP contribution in [0, 0.1) is 0 Å². The number of hydrogen-bond acceptors (Lipinski definition) is 4. The van der Waals surface area contributed by atoms with Gasteiger partial charge in [-0.25, -0.2) is 0 Å². The van der Waals surface area contributed by atoms with E-state index in [1.165, 1.54) is 4.90 Å². The summed E-state index contributed by atoms with van der Waals surface area (Å²) in [6.07, 6.45) is 2.33. The van der Waals surface area contributed by atoms with Crippen molar-refractivity contribution in [2.75, 3.05) is 12.0 Å². The van der Waals surface area contributed by atoms with Crippen molar-refractivity contribution in [3.05, 3.63) is 0 Å². The van der Waals surface area contributed by atoms with E-state index in [-0.39, 0.29) is 29.9 Å². The molecular formula is C11H20N2O2S. The van der Waals surface area contributed by atoms with Crippen LogP contribution in [0.4, 0.5) is 0 Å². The van der Waals surface area contributed by atoms with Gasteiger partial charge in [0.25, 0.3) is 0 Å². The van der Waals surface area contributed by atoms with Gasteiger partial charge in [-0.3, -0.25) is 14.5 Å². The summed E-state index contributed by atoms with van der Waals surface area (Å²) in [5.74, 6) is 0.807. The number of thioether (sulfide) groups is 1. The topological polar surface area (TPSA) is 49.4 Å². The van der Waals surface area contributed by atoms with E-state index in [4.69, 9.17) is 0 Å². The number of likely N-dealkylation sites (tertiary alicyclic amines) is 1. The summed E-state index contributed by atoms with van der Waals surface area (Å²) in [5, 5.41) is 3.21. The van der Waals surface area contributed by atoms with E-state index >= 15 is 0 Å². The second-order valence-electron chi connectivity index (χ2n) is 4.48. The van der Waals surface area contributed by atoms with Gasteiger partial charge in [0.05, 0.1) is 12.5 Å². The lowest BCUT2D eigenvalue weighted by molar-refractivity contribution is -0.140. The number of carbonyl (C=O) groups excluding carboxylic acids is 2. The zero-order valence-electron chi connectivity index (χ0n) is 10.3. The highest BCUT2D eigenvalue weighted by Gasteiger charge is 2.40. The maximum absolute atomic E-state index is 11.9. The Balaban J connectivity index is 2.59. The molecule has 0 bridgehead atoms. The van der Waals surface area contributed by atoms with Crippen molar-refractivity contribution >= 4 is 23.6 Å². The highest BCUT2D eigenvalue weighted by atomic mass is 32.2. The minimum absolute atomic E-state index is 0.0392. The van der Waals surface area contributed by atoms with Crippen LogP contribution in [0.1, 0.15) is 27.2 Å². The van der Waals surface area contributed by atoms with E-state index in [0.717, 1.165) is 5.75 Å². The number of nitrogens with zero attached hydrogens (tertiary/aromatic N) is 1. The lowest BCUT2D eigenvalue weighted by Gasteiger charge is -2.20. The van der Waals surface area contributed by atoms with Gasteiger partial charge in [-0.2, -0.15) is 11.8 Å². The van der Waals surface area contributed by atoms with Gasteiger partial charge in [0.1, 0.15) is 0 Å². The Morgan fingerprint density at radius 1 is 1.44 bits per heavy atom. The van der Waals surface area contributed by atoms with Crippen molar-refractivity contribution in [1.29, 1.82) is 0 Å². The Labute approximate surface area is 101 Å². The molecule has 0 aliphatic carbocycles. The fourth-order valence-corrected chi connectivity index (χ4v) is 2.56. The van der Waals surface area contributed by atoms with Crippen LogP contribution in [0.25, 0.3) is 0 Å². The summed E-state index contributed by atoms with van der Waals surface area (Å²) >= 11 is 1.73. The number of rotatable bonds is 5. The summed E-state index contributed by atoms with van der Waals surface area (Å²) in [5.41, 5.74) is 0. The van der Waals surface area contributed by atoms with Crippen LogP contribution in [-0.2, 0) is 9.59 Å². The second-order valence-corrected chi connectivity index (χ2v) is 5.39. The summed E-state index contributed by atoms with van der Waals surface area (Å²) in [6, 6.07) is -0.108. The van der Waals surface area contributed by atoms with Gasteiger partial charge in [-0.1, -0.05) is 0 Å². The minimum Gasteiger partial charge on any atom is -0.302 e. The molecule has 0 aromatic rings. The SMILES string of the molecule is CSCC(C)NC1CC(=O)N(C(C)C)C1=O. The Morgan fingerprint density at radius 2 is 2.06 bits per heavy atom. The van der Waals surface area contributed by atoms with Gasteiger partial charge in [-0.15, -0.1) is 0 Å². The van der Waals surface area contributed by atoms with E-state index in [1.807, 2.05) is 27.0 Å². The fourth-order valence-electron chi connectivity index (χ4n) is 1.97. The quantitative estimate of drug-likeness (QED) is 0.729. The van der Waals surface area contributed by atoms with Crippen LogP contribution in [0.2, 0.25) is 0 Å². The third kappa shape index (κ3) is 2.98. The van der Waals surface area contributed by atoms with E-state index < -0.39 is 0 Å². The molecule has 2 unspecified atom stereocenters. The van der Waals surface area contributed by atoms with Crippen molar-refractivity contribution in [3.63, 3.8) is 0 Å². The van der Waals surface area contributed by atoms with Crippen molar-refractivity contribution in [1.82, 2.24) is 10.2 Å². The smallest absolute Gasteiger partial charge is 0.247 e. The normalized spacial score (nSPS) is 23.3. The Hall–Kier alpha value is -0.550. The third-order valence-electron chi connectivity index (χ3n) is 2.60. The highest BCUT2D eigenvalue weighted by molar-refractivity contribution is 7.98. The standard InChI is InChI=1S/C11H20N2O2S/c1-7(2)13-10(14)5-9(11(13)15)12-8(3)6-16-4/h7-9,12H,5-6H2,1-4H3. The minimum atomic E-state index is -0.322. The fraction of sp³-hybridized carbons (Fsp3) is 0.818. The molecule has 92 valence electrons. The molecular weight excluding hydrogens is 224 g/mol. The average molecular weight is 244 g/mol. The third-order valence-corrected chi connectivity index (χ3v) is 3.44. The molecule has 0 spiro atoms. The van der Waals surface area contributed by atoms with E-state index in [2.05, 4.69) is 5.32 Å². The number of carbonyl (C=O) groups is 2. The lowest BCUT2D eigenvalue weighted by atomic mass is 10.2. The molecule has 2 atom stereocenters. The van der Waals surface area contributed by atoms with Gasteiger partial charge in [0, 0.05) is 17.8 Å². The Bertz CT molecular complexity index is 281.